The van der Waals surface area contributed by atoms with Crippen LogP contribution in [0.4, 0.5) is 0 Å². The molecule has 0 fully saturated rings. The lowest BCUT2D eigenvalue weighted by Crippen LogP contribution is -2.56. The highest BCUT2D eigenvalue weighted by Crippen LogP contribution is 2.11. The molecule has 1 aromatic carbocycles. The molecular weight excluding hydrogens is 466 g/mol. The van der Waals surface area contributed by atoms with Crippen LogP contribution in [0.15, 0.2) is 24.3 Å². The van der Waals surface area contributed by atoms with Crippen LogP contribution in [0.25, 0.3) is 0 Å². The molecular formula is C21H29N5O9. The number of carbonyl (C=O) groups is 6. The summed E-state index contributed by atoms with van der Waals surface area (Å²) < 4.78 is 0. The third-order valence-corrected chi connectivity index (χ3v) is 4.78. The van der Waals surface area contributed by atoms with Crippen molar-refractivity contribution in [2.45, 2.75) is 56.8 Å². The van der Waals surface area contributed by atoms with Crippen molar-refractivity contribution in [1.82, 2.24) is 16.0 Å². The van der Waals surface area contributed by atoms with Crippen LogP contribution in [0.2, 0.25) is 0 Å². The molecule has 192 valence electrons. The molecule has 1 rings (SSSR count). The molecule has 4 atom stereocenters. The first kappa shape index (κ1) is 28.8. The average Bonchev–Trinajstić information content (AvgIpc) is 2.76. The lowest BCUT2D eigenvalue weighted by Gasteiger charge is -2.23. The number of nitrogens with one attached hydrogen (secondary N) is 3. The Labute approximate surface area is 200 Å². The van der Waals surface area contributed by atoms with Crippen LogP contribution < -0.4 is 27.4 Å². The number of benzene rings is 1. The fourth-order valence-electron chi connectivity index (χ4n) is 2.87. The molecule has 1 aromatic rings. The minimum atomic E-state index is -1.61. The predicted octanol–water partition coefficient (Wildman–Crippen LogP) is -2.44. The summed E-state index contributed by atoms with van der Waals surface area (Å²) in [5, 5.41) is 34.0. The Kier molecular flexibility index (Phi) is 11.1. The van der Waals surface area contributed by atoms with E-state index < -0.39 is 72.6 Å². The van der Waals surface area contributed by atoms with E-state index in [0.29, 0.717) is 5.56 Å². The topological polar surface area (TPSA) is 251 Å². The van der Waals surface area contributed by atoms with E-state index >= 15 is 0 Å². The molecule has 0 radical (unpaired) electrons. The standard InChI is InChI=1S/C21H29N5O9/c1-10(18(31)26-15(21(34)35)9-16(23)28)24-20(33)14(6-7-17(29)30)25-19(32)13(22)8-11-2-4-12(27)5-3-11/h2-5,10,13-15,27H,6-9,22H2,1H3,(H2,23,28)(H,24,33)(H,25,32)(H,26,31)(H,29,30)(H,34,35). The van der Waals surface area contributed by atoms with Crippen molar-refractivity contribution in [3.8, 4) is 5.75 Å². The molecule has 0 spiro atoms. The van der Waals surface area contributed by atoms with Crippen LogP contribution in [0.1, 0.15) is 31.7 Å². The lowest BCUT2D eigenvalue weighted by molar-refractivity contribution is -0.143. The summed E-state index contributed by atoms with van der Waals surface area (Å²) in [6, 6.07) is 0.555. The Balaban J connectivity index is 2.82. The highest BCUT2D eigenvalue weighted by molar-refractivity contribution is 5.94. The quantitative estimate of drug-likeness (QED) is 0.135. The van der Waals surface area contributed by atoms with E-state index in [9.17, 15) is 33.9 Å². The number of nitrogens with two attached hydrogens (primary N) is 2. The number of amides is 4. The Morgan fingerprint density at radius 3 is 1.97 bits per heavy atom. The van der Waals surface area contributed by atoms with E-state index in [0.717, 1.165) is 0 Å². The number of phenols is 1. The Hall–Kier alpha value is -4.20. The fraction of sp³-hybridized carbons (Fsp3) is 0.429. The maximum Gasteiger partial charge on any atom is 0.326 e. The van der Waals surface area contributed by atoms with E-state index in [1.165, 1.54) is 19.1 Å². The van der Waals surface area contributed by atoms with Gasteiger partial charge in [0, 0.05) is 6.42 Å². The van der Waals surface area contributed by atoms with Crippen molar-refractivity contribution in [3.63, 3.8) is 0 Å². The van der Waals surface area contributed by atoms with E-state index in [1.54, 1.807) is 12.1 Å². The number of aromatic hydroxyl groups is 1. The minimum absolute atomic E-state index is 0.0274. The minimum Gasteiger partial charge on any atom is -0.508 e. The summed E-state index contributed by atoms with van der Waals surface area (Å²) in [6.07, 6.45) is -1.40. The number of rotatable bonds is 14. The Morgan fingerprint density at radius 2 is 1.46 bits per heavy atom. The normalized spacial score (nSPS) is 14.0. The van der Waals surface area contributed by atoms with Gasteiger partial charge in [-0.15, -0.1) is 0 Å². The maximum atomic E-state index is 12.7. The number of hydrogen-bond donors (Lipinski definition) is 8. The summed E-state index contributed by atoms with van der Waals surface area (Å²) in [6.45, 7) is 1.23. The first-order valence-electron chi connectivity index (χ1n) is 10.5. The zero-order chi connectivity index (χ0) is 26.7. The molecule has 14 heteroatoms. The summed E-state index contributed by atoms with van der Waals surface area (Å²) in [5.41, 5.74) is 11.5. The fourth-order valence-corrected chi connectivity index (χ4v) is 2.87. The van der Waals surface area contributed by atoms with Gasteiger partial charge < -0.3 is 42.7 Å². The average molecular weight is 495 g/mol. The van der Waals surface area contributed by atoms with Gasteiger partial charge in [-0.25, -0.2) is 4.79 Å². The van der Waals surface area contributed by atoms with Crippen molar-refractivity contribution in [3.05, 3.63) is 29.8 Å². The SMILES string of the molecule is CC(NC(=O)C(CCC(=O)O)NC(=O)C(N)Cc1ccc(O)cc1)C(=O)NC(CC(N)=O)C(=O)O. The van der Waals surface area contributed by atoms with Gasteiger partial charge in [0.05, 0.1) is 12.5 Å². The first-order valence-corrected chi connectivity index (χ1v) is 10.5. The van der Waals surface area contributed by atoms with Crippen LogP contribution in [0.3, 0.4) is 0 Å². The second kappa shape index (κ2) is 13.5. The smallest absolute Gasteiger partial charge is 0.326 e. The second-order valence-corrected chi connectivity index (χ2v) is 7.77. The van der Waals surface area contributed by atoms with Gasteiger partial charge in [-0.1, -0.05) is 12.1 Å². The van der Waals surface area contributed by atoms with Crippen molar-refractivity contribution < 1.29 is 44.1 Å². The van der Waals surface area contributed by atoms with Gasteiger partial charge in [0.25, 0.3) is 0 Å². The number of carboxylic acids is 2. The molecule has 0 aliphatic carbocycles. The van der Waals surface area contributed by atoms with Crippen LogP contribution in [0, 0.1) is 0 Å². The number of carbonyl (C=O) groups excluding carboxylic acids is 4. The van der Waals surface area contributed by atoms with Gasteiger partial charge in [-0.3, -0.25) is 24.0 Å². The molecule has 0 aromatic heterocycles. The van der Waals surface area contributed by atoms with Crippen LogP contribution in [-0.4, -0.2) is 75.1 Å². The summed E-state index contributed by atoms with van der Waals surface area (Å²) in [4.78, 5) is 70.6. The predicted molar refractivity (Wildman–Crippen MR) is 120 cm³/mol. The summed E-state index contributed by atoms with van der Waals surface area (Å²) in [7, 11) is 0. The van der Waals surface area contributed by atoms with Gasteiger partial charge in [0.15, 0.2) is 0 Å². The number of primary amides is 1. The maximum absolute atomic E-state index is 12.7. The number of carboxylic acid groups (broad SMARTS) is 2. The largest absolute Gasteiger partial charge is 0.508 e. The molecule has 10 N–H and O–H groups in total. The summed E-state index contributed by atoms with van der Waals surface area (Å²) >= 11 is 0. The molecule has 35 heavy (non-hydrogen) atoms. The highest BCUT2D eigenvalue weighted by Gasteiger charge is 2.29. The Bertz CT molecular complexity index is 951. The zero-order valence-electron chi connectivity index (χ0n) is 18.9. The number of hydrogen-bond acceptors (Lipinski definition) is 8. The highest BCUT2D eigenvalue weighted by atomic mass is 16.4. The molecule has 4 unspecified atom stereocenters. The van der Waals surface area contributed by atoms with Gasteiger partial charge >= 0.3 is 11.9 Å². The second-order valence-electron chi connectivity index (χ2n) is 7.77. The molecule has 0 bridgehead atoms. The third kappa shape index (κ3) is 10.5. The Morgan fingerprint density at radius 1 is 0.886 bits per heavy atom. The van der Waals surface area contributed by atoms with Crippen molar-refractivity contribution in [2.75, 3.05) is 0 Å². The molecule has 0 heterocycles. The van der Waals surface area contributed by atoms with Crippen molar-refractivity contribution in [1.29, 1.82) is 0 Å². The summed E-state index contributed by atoms with van der Waals surface area (Å²) in [5.74, 6) is -6.28. The van der Waals surface area contributed by atoms with Crippen LogP contribution >= 0.6 is 0 Å². The first-order chi connectivity index (χ1) is 16.3. The van der Waals surface area contributed by atoms with Gasteiger partial charge in [0.2, 0.25) is 23.6 Å². The van der Waals surface area contributed by atoms with E-state index in [1.807, 2.05) is 0 Å². The molecule has 4 amide bonds. The monoisotopic (exact) mass is 495 g/mol. The molecule has 14 nitrogen and oxygen atoms in total. The zero-order valence-corrected chi connectivity index (χ0v) is 18.9. The number of aliphatic carboxylic acids is 2. The lowest BCUT2D eigenvalue weighted by atomic mass is 10.0. The van der Waals surface area contributed by atoms with Crippen molar-refractivity contribution >= 4 is 35.6 Å². The van der Waals surface area contributed by atoms with Crippen LogP contribution in [-0.2, 0) is 35.2 Å². The van der Waals surface area contributed by atoms with Gasteiger partial charge in [-0.05, 0) is 37.5 Å². The van der Waals surface area contributed by atoms with E-state index in [-0.39, 0.29) is 18.6 Å². The van der Waals surface area contributed by atoms with E-state index in [4.69, 9.17) is 21.7 Å². The molecule has 0 aliphatic rings. The number of phenolic OH excluding ortho intramolecular Hbond substituents is 1. The van der Waals surface area contributed by atoms with Crippen LogP contribution in [0.5, 0.6) is 5.75 Å². The molecule has 0 saturated carbocycles. The molecule has 0 saturated heterocycles. The van der Waals surface area contributed by atoms with Gasteiger partial charge in [-0.2, -0.15) is 0 Å². The van der Waals surface area contributed by atoms with E-state index in [2.05, 4.69) is 16.0 Å². The molecule has 0 aliphatic heterocycles. The van der Waals surface area contributed by atoms with Crippen molar-refractivity contribution in [2.24, 2.45) is 11.5 Å². The van der Waals surface area contributed by atoms with Gasteiger partial charge in [0.1, 0.15) is 23.9 Å². The third-order valence-electron chi connectivity index (χ3n) is 4.78.